The van der Waals surface area contributed by atoms with Crippen LogP contribution in [0.5, 0.6) is 0 Å². The molecule has 4 rings (SSSR count). The highest BCUT2D eigenvalue weighted by atomic mass is 19.4. The lowest BCUT2D eigenvalue weighted by molar-refractivity contribution is -0.218. The van der Waals surface area contributed by atoms with Gasteiger partial charge >= 0.3 is 6.18 Å². The normalized spacial score (nSPS) is 23.6. The highest BCUT2D eigenvalue weighted by Gasteiger charge is 2.66. The molecule has 1 fully saturated rings. The Balaban J connectivity index is 1.74. The fraction of sp³-hybridized carbons (Fsp3) is 0.526. The Hall–Kier alpha value is -2.38. The number of nitrogens with one attached hydrogen (secondary N) is 1. The number of alkyl halides is 3. The molecule has 1 N–H and O–H groups in total. The average Bonchev–Trinajstić information content (AvgIpc) is 3.10. The lowest BCUT2D eigenvalue weighted by atomic mass is 9.86. The Morgan fingerprint density at radius 1 is 1.22 bits per heavy atom. The van der Waals surface area contributed by atoms with E-state index in [-0.39, 0.29) is 23.7 Å². The summed E-state index contributed by atoms with van der Waals surface area (Å²) >= 11 is 0. The lowest BCUT2D eigenvalue weighted by Crippen LogP contribution is -2.63. The Morgan fingerprint density at radius 2 is 1.93 bits per heavy atom. The van der Waals surface area contributed by atoms with E-state index in [1.165, 1.54) is 6.07 Å². The van der Waals surface area contributed by atoms with Crippen molar-refractivity contribution in [3.8, 4) is 0 Å². The van der Waals surface area contributed by atoms with Gasteiger partial charge in [-0.3, -0.25) is 14.2 Å². The number of aromatic nitrogens is 2. The number of rotatable bonds is 3. The molecule has 0 radical (unpaired) electrons. The fourth-order valence-corrected chi connectivity index (χ4v) is 4.35. The number of nitrogens with zero attached hydrogens (tertiary/aromatic N) is 2. The molecule has 1 saturated carbocycles. The molecule has 0 saturated heterocycles. The largest absolute Gasteiger partial charge is 0.438 e. The minimum absolute atomic E-state index is 0.00702. The monoisotopic (exact) mass is 379 g/mol. The molecule has 1 aromatic heterocycles. The maximum Gasteiger partial charge on any atom is 0.438 e. The van der Waals surface area contributed by atoms with Crippen LogP contribution in [0.1, 0.15) is 44.3 Å². The number of carbonyl (C=O) groups is 2. The molecule has 1 unspecified atom stereocenters. The van der Waals surface area contributed by atoms with Gasteiger partial charge in [0.2, 0.25) is 5.91 Å². The molecule has 1 amide bonds. The van der Waals surface area contributed by atoms with Crippen LogP contribution in [0.2, 0.25) is 0 Å². The zero-order valence-corrected chi connectivity index (χ0v) is 14.7. The van der Waals surface area contributed by atoms with Crippen LogP contribution in [-0.4, -0.2) is 27.4 Å². The lowest BCUT2D eigenvalue weighted by Gasteiger charge is -2.34. The van der Waals surface area contributed by atoms with E-state index in [2.05, 4.69) is 10.3 Å². The smallest absolute Gasteiger partial charge is 0.319 e. The Bertz CT molecular complexity index is 899. The van der Waals surface area contributed by atoms with Crippen molar-refractivity contribution in [1.29, 1.82) is 0 Å². The fourth-order valence-electron chi connectivity index (χ4n) is 4.35. The van der Waals surface area contributed by atoms with E-state index >= 15 is 0 Å². The van der Waals surface area contributed by atoms with Crippen molar-refractivity contribution < 1.29 is 22.8 Å². The quantitative estimate of drug-likeness (QED) is 0.888. The molecule has 5 nitrogen and oxygen atoms in total. The average molecular weight is 379 g/mol. The molecule has 2 aromatic rings. The molecule has 144 valence electrons. The molecule has 27 heavy (non-hydrogen) atoms. The first kappa shape index (κ1) is 18.0. The maximum absolute atomic E-state index is 14.2. The zero-order chi connectivity index (χ0) is 19.2. The summed E-state index contributed by atoms with van der Waals surface area (Å²) in [7, 11) is 0. The number of benzene rings is 1. The highest BCUT2D eigenvalue weighted by molar-refractivity contribution is 5.97. The maximum atomic E-state index is 14.2. The first-order chi connectivity index (χ1) is 12.8. The van der Waals surface area contributed by atoms with Gasteiger partial charge in [0.1, 0.15) is 5.82 Å². The highest BCUT2D eigenvalue weighted by Crippen LogP contribution is 2.43. The van der Waals surface area contributed by atoms with E-state index in [1.807, 2.05) is 0 Å². The molecule has 8 heteroatoms. The van der Waals surface area contributed by atoms with Crippen molar-refractivity contribution in [2.24, 2.45) is 5.92 Å². The summed E-state index contributed by atoms with van der Waals surface area (Å²) in [4.78, 5) is 29.2. The van der Waals surface area contributed by atoms with Crippen molar-refractivity contribution in [2.75, 3.05) is 0 Å². The predicted molar refractivity (Wildman–Crippen MR) is 91.8 cm³/mol. The van der Waals surface area contributed by atoms with Gasteiger partial charge in [0.15, 0.2) is 5.78 Å². The predicted octanol–water partition coefficient (Wildman–Crippen LogP) is 3.46. The minimum Gasteiger partial charge on any atom is -0.319 e. The number of ketones is 1. The third-order valence-electron chi connectivity index (χ3n) is 5.62. The van der Waals surface area contributed by atoms with Crippen molar-refractivity contribution in [3.63, 3.8) is 0 Å². The van der Waals surface area contributed by atoms with Gasteiger partial charge < -0.3 is 5.32 Å². The zero-order valence-electron chi connectivity index (χ0n) is 14.7. The summed E-state index contributed by atoms with van der Waals surface area (Å²) in [5, 5.41) is 2.07. The van der Waals surface area contributed by atoms with E-state index in [4.69, 9.17) is 0 Å². The Kier molecular flexibility index (Phi) is 4.24. The van der Waals surface area contributed by atoms with E-state index in [0.717, 1.165) is 36.7 Å². The van der Waals surface area contributed by atoms with Crippen molar-refractivity contribution in [3.05, 3.63) is 30.1 Å². The van der Waals surface area contributed by atoms with Crippen LogP contribution in [0.3, 0.4) is 0 Å². The second kappa shape index (κ2) is 6.35. The summed E-state index contributed by atoms with van der Waals surface area (Å²) < 4.78 is 43.5. The molecule has 2 aliphatic rings. The summed E-state index contributed by atoms with van der Waals surface area (Å²) in [5.41, 5.74) is -2.52. The van der Waals surface area contributed by atoms with Crippen LogP contribution >= 0.6 is 0 Å². The van der Waals surface area contributed by atoms with Crippen molar-refractivity contribution >= 4 is 22.7 Å². The van der Waals surface area contributed by atoms with Crippen LogP contribution < -0.4 is 5.32 Å². The van der Waals surface area contributed by atoms with E-state index in [1.54, 1.807) is 18.2 Å². The minimum atomic E-state index is -4.97. The van der Waals surface area contributed by atoms with Crippen molar-refractivity contribution in [1.82, 2.24) is 14.9 Å². The number of Topliss-reactive ketones (excluding diaryl/α,β-unsaturated/α-hetero) is 1. The van der Waals surface area contributed by atoms with Crippen LogP contribution in [0.25, 0.3) is 11.0 Å². The molecule has 1 aliphatic carbocycles. The molecule has 0 spiro atoms. The summed E-state index contributed by atoms with van der Waals surface area (Å²) in [6.07, 6.45) is -0.700. The van der Waals surface area contributed by atoms with Gasteiger partial charge in [-0.2, -0.15) is 13.2 Å². The number of para-hydroxylation sites is 2. The third-order valence-corrected chi connectivity index (χ3v) is 5.62. The molecular weight excluding hydrogens is 359 g/mol. The summed E-state index contributed by atoms with van der Waals surface area (Å²) in [6, 6.07) is 6.34. The van der Waals surface area contributed by atoms with Crippen LogP contribution in [-0.2, 0) is 21.7 Å². The number of hydrogen-bond acceptors (Lipinski definition) is 3. The SMILES string of the molecule is O=C(CC1CCCCC1)NC1(C(F)(F)F)C(=O)Cc2nc3ccccc3n21. The van der Waals surface area contributed by atoms with Gasteiger partial charge in [-0.25, -0.2) is 4.98 Å². The second-order valence-electron chi connectivity index (χ2n) is 7.42. The van der Waals surface area contributed by atoms with E-state index in [9.17, 15) is 22.8 Å². The van der Waals surface area contributed by atoms with Crippen LogP contribution in [0, 0.1) is 5.92 Å². The number of halogens is 3. The summed E-state index contributed by atoms with van der Waals surface area (Å²) in [5.74, 6) is -1.74. The van der Waals surface area contributed by atoms with Gasteiger partial charge in [-0.05, 0) is 30.9 Å². The van der Waals surface area contributed by atoms with Gasteiger partial charge in [-0.15, -0.1) is 0 Å². The molecular formula is C19H20F3N3O2. The number of fused-ring (bicyclic) bond motifs is 3. The number of carbonyl (C=O) groups excluding carboxylic acids is 2. The topological polar surface area (TPSA) is 64.0 Å². The summed E-state index contributed by atoms with van der Waals surface area (Å²) in [6.45, 7) is 0. The first-order valence-corrected chi connectivity index (χ1v) is 9.21. The Morgan fingerprint density at radius 3 is 2.63 bits per heavy atom. The number of hydrogen-bond donors (Lipinski definition) is 1. The first-order valence-electron chi connectivity index (χ1n) is 9.21. The number of imidazole rings is 1. The van der Waals surface area contributed by atoms with Gasteiger partial charge in [0.05, 0.1) is 17.5 Å². The van der Waals surface area contributed by atoms with Crippen molar-refractivity contribution in [2.45, 2.75) is 56.8 Å². The number of amides is 1. The molecule has 1 aliphatic heterocycles. The van der Waals surface area contributed by atoms with Crippen LogP contribution in [0.15, 0.2) is 24.3 Å². The van der Waals surface area contributed by atoms with Gasteiger partial charge in [-0.1, -0.05) is 31.4 Å². The Labute approximate surface area is 153 Å². The third kappa shape index (κ3) is 2.82. The molecule has 1 atom stereocenters. The second-order valence-corrected chi connectivity index (χ2v) is 7.42. The van der Waals surface area contributed by atoms with E-state index < -0.39 is 30.0 Å². The molecule has 2 heterocycles. The molecule has 0 bridgehead atoms. The van der Waals surface area contributed by atoms with Gasteiger partial charge in [0.25, 0.3) is 5.66 Å². The molecule has 1 aromatic carbocycles. The van der Waals surface area contributed by atoms with Gasteiger partial charge in [0, 0.05) is 6.42 Å². The van der Waals surface area contributed by atoms with Crippen LogP contribution in [0.4, 0.5) is 13.2 Å². The van der Waals surface area contributed by atoms with E-state index in [0.29, 0.717) is 5.52 Å². The standard InChI is InChI=1S/C19H20F3N3O2/c20-19(21,22)18(24-17(27)10-12-6-2-1-3-7-12)15(26)11-16-23-13-8-4-5-9-14(13)25(16)18/h4-5,8-9,12H,1-3,6-7,10-11H2,(H,24,27).